The minimum atomic E-state index is 0. The fraction of sp³-hybridized carbons (Fsp3) is 0.632. The number of guanidine groups is 1. The largest absolute Gasteiger partial charge is 0.496 e. The molecule has 0 unspecified atom stereocenters. The molecular weight excluding hydrogens is 427 g/mol. The van der Waals surface area contributed by atoms with Crippen LogP contribution >= 0.6 is 24.0 Å². The molecule has 1 aromatic carbocycles. The van der Waals surface area contributed by atoms with Crippen LogP contribution in [0.2, 0.25) is 0 Å². The third kappa shape index (κ3) is 10.5. The summed E-state index contributed by atoms with van der Waals surface area (Å²) in [6.45, 7) is 8.95. The first kappa shape index (κ1) is 24.0. The third-order valence-electron chi connectivity index (χ3n) is 3.87. The molecule has 0 saturated carbocycles. The molecule has 1 aromatic rings. The van der Waals surface area contributed by atoms with Crippen LogP contribution in [0.5, 0.6) is 5.75 Å². The number of para-hydroxylation sites is 1. The molecule has 0 atom stereocenters. The Balaban J connectivity index is 0.00000576. The van der Waals surface area contributed by atoms with Crippen molar-refractivity contribution >= 4 is 29.9 Å². The second kappa shape index (κ2) is 15.3. The zero-order valence-corrected chi connectivity index (χ0v) is 18.5. The van der Waals surface area contributed by atoms with Crippen molar-refractivity contribution in [3.05, 3.63) is 29.8 Å². The molecule has 0 saturated heterocycles. The summed E-state index contributed by atoms with van der Waals surface area (Å²) in [5.41, 5.74) is 1.21. The van der Waals surface area contributed by atoms with Gasteiger partial charge in [-0.05, 0) is 45.0 Å². The van der Waals surface area contributed by atoms with Crippen molar-refractivity contribution in [1.82, 2.24) is 15.5 Å². The molecule has 0 aromatic heterocycles. The smallest absolute Gasteiger partial charge is 0.191 e. The molecule has 6 heteroatoms. The van der Waals surface area contributed by atoms with Crippen LogP contribution in [0, 0.1) is 0 Å². The number of hydrogen-bond acceptors (Lipinski definition) is 3. The van der Waals surface area contributed by atoms with Gasteiger partial charge in [0, 0.05) is 19.6 Å². The average molecular weight is 462 g/mol. The molecule has 25 heavy (non-hydrogen) atoms. The summed E-state index contributed by atoms with van der Waals surface area (Å²) in [5.74, 6) is 1.83. The van der Waals surface area contributed by atoms with Crippen molar-refractivity contribution in [3.8, 4) is 5.75 Å². The molecule has 5 nitrogen and oxygen atoms in total. The Bertz CT molecular complexity index is 482. The highest BCUT2D eigenvalue weighted by molar-refractivity contribution is 14.0. The Hall–Kier alpha value is -1.02. The van der Waals surface area contributed by atoms with Crippen LogP contribution in [0.1, 0.15) is 32.3 Å². The van der Waals surface area contributed by atoms with Gasteiger partial charge in [0.25, 0.3) is 0 Å². The molecule has 0 heterocycles. The molecule has 0 amide bonds. The van der Waals surface area contributed by atoms with Crippen LogP contribution in [0.4, 0.5) is 0 Å². The summed E-state index contributed by atoms with van der Waals surface area (Å²) in [4.78, 5) is 7.00. The summed E-state index contributed by atoms with van der Waals surface area (Å²) in [7, 11) is 3.88. The van der Waals surface area contributed by atoms with Gasteiger partial charge in [-0.25, -0.2) is 0 Å². The van der Waals surface area contributed by atoms with E-state index in [1.165, 1.54) is 18.4 Å². The van der Waals surface area contributed by atoms with Crippen LogP contribution in [0.3, 0.4) is 0 Å². The first-order chi connectivity index (χ1) is 11.7. The molecule has 0 aliphatic rings. The van der Waals surface area contributed by atoms with Gasteiger partial charge in [-0.2, -0.15) is 0 Å². The Morgan fingerprint density at radius 2 is 1.92 bits per heavy atom. The van der Waals surface area contributed by atoms with E-state index in [-0.39, 0.29) is 24.0 Å². The van der Waals surface area contributed by atoms with Crippen molar-refractivity contribution in [2.45, 2.75) is 33.1 Å². The predicted molar refractivity (Wildman–Crippen MR) is 118 cm³/mol. The SMILES string of the molecule is CCCCN(C)CCN=C(NCC)NCCc1ccccc1OC.I. The highest BCUT2D eigenvalue weighted by atomic mass is 127. The van der Waals surface area contributed by atoms with Crippen LogP contribution in [0.25, 0.3) is 0 Å². The van der Waals surface area contributed by atoms with E-state index in [9.17, 15) is 0 Å². The van der Waals surface area contributed by atoms with Crippen LogP contribution < -0.4 is 15.4 Å². The zero-order chi connectivity index (χ0) is 17.6. The molecule has 0 aliphatic heterocycles. The lowest BCUT2D eigenvalue weighted by molar-refractivity contribution is 0.337. The van der Waals surface area contributed by atoms with Gasteiger partial charge in [0.05, 0.1) is 13.7 Å². The molecule has 0 aliphatic carbocycles. The predicted octanol–water partition coefficient (Wildman–Crippen LogP) is 3.14. The van der Waals surface area contributed by atoms with E-state index < -0.39 is 0 Å². The zero-order valence-electron chi connectivity index (χ0n) is 16.2. The minimum Gasteiger partial charge on any atom is -0.496 e. The summed E-state index contributed by atoms with van der Waals surface area (Å²) in [5, 5.41) is 6.71. The topological polar surface area (TPSA) is 48.9 Å². The van der Waals surface area contributed by atoms with E-state index >= 15 is 0 Å². The average Bonchev–Trinajstić information content (AvgIpc) is 2.60. The molecule has 0 spiro atoms. The molecule has 2 N–H and O–H groups in total. The van der Waals surface area contributed by atoms with Gasteiger partial charge in [0.2, 0.25) is 0 Å². The van der Waals surface area contributed by atoms with E-state index in [2.05, 4.69) is 47.5 Å². The number of rotatable bonds is 11. The van der Waals surface area contributed by atoms with Gasteiger partial charge < -0.3 is 20.3 Å². The Kier molecular flexibility index (Phi) is 14.6. The summed E-state index contributed by atoms with van der Waals surface area (Å²) in [6.07, 6.45) is 3.39. The molecule has 1 rings (SSSR count). The monoisotopic (exact) mass is 462 g/mol. The lowest BCUT2D eigenvalue weighted by Gasteiger charge is -2.16. The fourth-order valence-electron chi connectivity index (χ4n) is 2.44. The third-order valence-corrected chi connectivity index (χ3v) is 3.87. The van der Waals surface area contributed by atoms with Crippen molar-refractivity contribution in [2.75, 3.05) is 46.9 Å². The van der Waals surface area contributed by atoms with Gasteiger partial charge in [-0.3, -0.25) is 4.99 Å². The Morgan fingerprint density at radius 3 is 2.60 bits per heavy atom. The second-order valence-corrected chi connectivity index (χ2v) is 5.91. The highest BCUT2D eigenvalue weighted by Gasteiger charge is 2.03. The maximum absolute atomic E-state index is 5.39. The Labute approximate surface area is 170 Å². The van der Waals surface area contributed by atoms with Crippen LogP contribution in [-0.2, 0) is 6.42 Å². The van der Waals surface area contributed by atoms with Gasteiger partial charge in [0.1, 0.15) is 5.75 Å². The van der Waals surface area contributed by atoms with Gasteiger partial charge in [-0.1, -0.05) is 31.5 Å². The molecule has 0 bridgehead atoms. The van der Waals surface area contributed by atoms with Crippen molar-refractivity contribution in [3.63, 3.8) is 0 Å². The van der Waals surface area contributed by atoms with E-state index in [1.807, 2.05) is 18.2 Å². The van der Waals surface area contributed by atoms with Gasteiger partial charge >= 0.3 is 0 Å². The fourth-order valence-corrected chi connectivity index (χ4v) is 2.44. The highest BCUT2D eigenvalue weighted by Crippen LogP contribution is 2.17. The van der Waals surface area contributed by atoms with Gasteiger partial charge in [-0.15, -0.1) is 24.0 Å². The quantitative estimate of drug-likeness (QED) is 0.302. The van der Waals surface area contributed by atoms with E-state index in [0.717, 1.165) is 50.9 Å². The van der Waals surface area contributed by atoms with Crippen LogP contribution in [-0.4, -0.2) is 57.7 Å². The molecular formula is C19H35IN4O. The molecule has 0 fully saturated rings. The van der Waals surface area contributed by atoms with Crippen molar-refractivity contribution in [2.24, 2.45) is 4.99 Å². The Morgan fingerprint density at radius 1 is 1.16 bits per heavy atom. The maximum Gasteiger partial charge on any atom is 0.191 e. The van der Waals surface area contributed by atoms with E-state index in [1.54, 1.807) is 7.11 Å². The number of nitrogens with zero attached hydrogens (tertiary/aromatic N) is 2. The lowest BCUT2D eigenvalue weighted by Crippen LogP contribution is -2.39. The normalized spacial score (nSPS) is 11.2. The minimum absolute atomic E-state index is 0. The number of unbranched alkanes of at least 4 members (excludes halogenated alkanes) is 1. The number of hydrogen-bond donors (Lipinski definition) is 2. The number of ether oxygens (including phenoxy) is 1. The standard InChI is InChI=1S/C19H34N4O.HI/c1-5-7-15-23(3)16-14-22-19(20-6-2)21-13-12-17-10-8-9-11-18(17)24-4;/h8-11H,5-7,12-16H2,1-4H3,(H2,20,21,22);1H. The number of aliphatic imine (C=N–C) groups is 1. The van der Waals surface area contributed by atoms with E-state index in [0.29, 0.717) is 0 Å². The first-order valence-electron chi connectivity index (χ1n) is 9.03. The summed E-state index contributed by atoms with van der Waals surface area (Å²) in [6, 6.07) is 8.15. The first-order valence-corrected chi connectivity index (χ1v) is 9.03. The molecule has 0 radical (unpaired) electrons. The number of benzene rings is 1. The maximum atomic E-state index is 5.39. The number of halogens is 1. The van der Waals surface area contributed by atoms with E-state index in [4.69, 9.17) is 4.74 Å². The number of likely N-dealkylation sites (N-methyl/N-ethyl adjacent to an activating group) is 1. The summed E-state index contributed by atoms with van der Waals surface area (Å²) < 4.78 is 5.39. The molecule has 144 valence electrons. The summed E-state index contributed by atoms with van der Waals surface area (Å²) >= 11 is 0. The number of methoxy groups -OCH3 is 1. The van der Waals surface area contributed by atoms with Gasteiger partial charge in [0.15, 0.2) is 5.96 Å². The number of nitrogens with one attached hydrogen (secondary N) is 2. The lowest BCUT2D eigenvalue weighted by atomic mass is 10.1. The second-order valence-electron chi connectivity index (χ2n) is 5.91. The van der Waals surface area contributed by atoms with Crippen molar-refractivity contribution < 1.29 is 4.74 Å². The van der Waals surface area contributed by atoms with Crippen molar-refractivity contribution in [1.29, 1.82) is 0 Å². The van der Waals surface area contributed by atoms with Crippen LogP contribution in [0.15, 0.2) is 29.3 Å².